The van der Waals surface area contributed by atoms with Crippen LogP contribution in [0.2, 0.25) is 0 Å². The number of nitrogens with one attached hydrogen (secondary N) is 1. The molecule has 1 heterocycles. The van der Waals surface area contributed by atoms with Crippen molar-refractivity contribution in [2.75, 3.05) is 19.5 Å². The van der Waals surface area contributed by atoms with E-state index in [1.165, 1.54) is 6.26 Å². The van der Waals surface area contributed by atoms with Crippen LogP contribution in [0.4, 0.5) is 5.69 Å². The molecule has 2 aromatic rings. The maximum absolute atomic E-state index is 5.79. The van der Waals surface area contributed by atoms with Gasteiger partial charge in [0.2, 0.25) is 0 Å². The van der Waals surface area contributed by atoms with Gasteiger partial charge in [-0.1, -0.05) is 5.16 Å². The van der Waals surface area contributed by atoms with Crippen molar-refractivity contribution >= 4 is 11.6 Å². The van der Waals surface area contributed by atoms with Crippen molar-refractivity contribution in [1.82, 2.24) is 5.16 Å². The van der Waals surface area contributed by atoms with Crippen molar-refractivity contribution in [3.63, 3.8) is 0 Å². The molecule has 0 radical (unpaired) electrons. The Kier molecular flexibility index (Phi) is 4.43. The summed E-state index contributed by atoms with van der Waals surface area (Å²) in [6, 6.07) is 7.11. The van der Waals surface area contributed by atoms with Gasteiger partial charge in [0, 0.05) is 17.8 Å². The van der Waals surface area contributed by atoms with Crippen molar-refractivity contribution < 1.29 is 14.0 Å². The Hall–Kier alpha value is -2.70. The molecule has 0 fully saturated rings. The molecule has 7 nitrogen and oxygen atoms in total. The van der Waals surface area contributed by atoms with E-state index < -0.39 is 0 Å². The smallest absolute Gasteiger partial charge is 0.193 e. The molecule has 0 spiro atoms. The fourth-order valence-electron chi connectivity index (χ4n) is 1.59. The molecule has 3 N–H and O–H groups in total. The number of aliphatic imine (C=N–C) groups is 1. The quantitative estimate of drug-likeness (QED) is 0.636. The monoisotopic (exact) mass is 276 g/mol. The Morgan fingerprint density at radius 2 is 2.10 bits per heavy atom. The molecular formula is C13H16N4O3. The average molecular weight is 276 g/mol. The van der Waals surface area contributed by atoms with Gasteiger partial charge in [0.1, 0.15) is 12.0 Å². The average Bonchev–Trinajstić information content (AvgIpc) is 2.98. The van der Waals surface area contributed by atoms with Crippen LogP contribution in [0, 0.1) is 0 Å². The molecule has 0 aliphatic rings. The predicted molar refractivity (Wildman–Crippen MR) is 75.0 cm³/mol. The van der Waals surface area contributed by atoms with E-state index >= 15 is 0 Å². The van der Waals surface area contributed by atoms with Gasteiger partial charge in [-0.25, -0.2) is 4.99 Å². The van der Waals surface area contributed by atoms with Crippen LogP contribution in [0.5, 0.6) is 11.5 Å². The molecule has 0 bridgehead atoms. The van der Waals surface area contributed by atoms with Gasteiger partial charge in [-0.15, -0.1) is 0 Å². The topological polar surface area (TPSA) is 94.9 Å². The van der Waals surface area contributed by atoms with Crippen LogP contribution >= 0.6 is 0 Å². The number of benzene rings is 1. The Balaban J connectivity index is 2.03. The number of aromatic nitrogens is 1. The number of methoxy groups -OCH3 is 2. The summed E-state index contributed by atoms with van der Waals surface area (Å²) < 4.78 is 15.1. The van der Waals surface area contributed by atoms with Crippen LogP contribution in [0.3, 0.4) is 0 Å². The minimum absolute atomic E-state index is 0.278. The van der Waals surface area contributed by atoms with E-state index in [2.05, 4.69) is 15.5 Å². The highest BCUT2D eigenvalue weighted by Gasteiger charge is 2.05. The van der Waals surface area contributed by atoms with E-state index in [-0.39, 0.29) is 5.96 Å². The molecule has 0 aliphatic carbocycles. The molecule has 2 rings (SSSR count). The first kappa shape index (κ1) is 13.7. The molecule has 7 heteroatoms. The van der Waals surface area contributed by atoms with Crippen molar-refractivity contribution in [3.05, 3.63) is 36.2 Å². The van der Waals surface area contributed by atoms with Crippen LogP contribution < -0.4 is 20.5 Å². The third-order valence-corrected chi connectivity index (χ3v) is 2.56. The van der Waals surface area contributed by atoms with Crippen molar-refractivity contribution in [3.8, 4) is 11.5 Å². The Bertz CT molecular complexity index is 581. The molecule has 0 saturated heterocycles. The summed E-state index contributed by atoms with van der Waals surface area (Å²) in [4.78, 5) is 4.15. The van der Waals surface area contributed by atoms with Gasteiger partial charge in [0.25, 0.3) is 0 Å². The minimum atomic E-state index is 0.278. The molecule has 20 heavy (non-hydrogen) atoms. The van der Waals surface area contributed by atoms with Crippen molar-refractivity contribution in [2.24, 2.45) is 10.7 Å². The standard InChI is InChI=1S/C13H16N4O3/c1-18-11-4-3-9(7-12(11)19-2)16-13(14)15-8-10-5-6-20-17-10/h3-7H,8H2,1-2H3,(H3,14,15,16). The summed E-state index contributed by atoms with van der Waals surface area (Å²) in [6.07, 6.45) is 1.49. The lowest BCUT2D eigenvalue weighted by Crippen LogP contribution is -2.22. The maximum Gasteiger partial charge on any atom is 0.193 e. The first-order chi connectivity index (χ1) is 9.72. The summed E-state index contributed by atoms with van der Waals surface area (Å²) in [5, 5.41) is 6.71. The molecule has 0 saturated carbocycles. The van der Waals surface area contributed by atoms with E-state index in [0.29, 0.717) is 23.7 Å². The van der Waals surface area contributed by atoms with E-state index in [9.17, 15) is 0 Å². The van der Waals surface area contributed by atoms with E-state index in [1.54, 1.807) is 32.4 Å². The zero-order valence-corrected chi connectivity index (χ0v) is 11.3. The lowest BCUT2D eigenvalue weighted by molar-refractivity contribution is 0.355. The summed E-state index contributed by atoms with van der Waals surface area (Å²) in [5.74, 6) is 1.54. The number of guanidine groups is 1. The van der Waals surface area contributed by atoms with Crippen LogP contribution in [0.25, 0.3) is 0 Å². The van der Waals surface area contributed by atoms with Crippen molar-refractivity contribution in [1.29, 1.82) is 0 Å². The van der Waals surface area contributed by atoms with E-state index in [4.69, 9.17) is 19.7 Å². The van der Waals surface area contributed by atoms with Gasteiger partial charge in [-0.05, 0) is 12.1 Å². The Morgan fingerprint density at radius 3 is 2.75 bits per heavy atom. The zero-order chi connectivity index (χ0) is 14.4. The van der Waals surface area contributed by atoms with Gasteiger partial charge in [0.15, 0.2) is 17.5 Å². The highest BCUT2D eigenvalue weighted by molar-refractivity contribution is 5.92. The first-order valence-electron chi connectivity index (χ1n) is 5.91. The maximum atomic E-state index is 5.79. The normalized spacial score (nSPS) is 11.2. The lowest BCUT2D eigenvalue weighted by Gasteiger charge is -2.10. The van der Waals surface area contributed by atoms with Crippen molar-refractivity contribution in [2.45, 2.75) is 6.54 Å². The summed E-state index contributed by atoms with van der Waals surface area (Å²) in [5.41, 5.74) is 7.26. The third kappa shape index (κ3) is 3.41. The number of nitrogens with zero attached hydrogens (tertiary/aromatic N) is 2. The van der Waals surface area contributed by atoms with E-state index in [0.717, 1.165) is 5.69 Å². The second-order valence-electron chi connectivity index (χ2n) is 3.89. The molecule has 0 atom stereocenters. The van der Waals surface area contributed by atoms with E-state index in [1.807, 2.05) is 6.07 Å². The number of anilines is 1. The number of nitrogens with two attached hydrogens (primary N) is 1. The van der Waals surface area contributed by atoms with Gasteiger partial charge in [0.05, 0.1) is 20.8 Å². The summed E-state index contributed by atoms with van der Waals surface area (Å²) in [7, 11) is 3.16. The Labute approximate surface area is 116 Å². The zero-order valence-electron chi connectivity index (χ0n) is 11.3. The first-order valence-corrected chi connectivity index (χ1v) is 5.91. The van der Waals surface area contributed by atoms with Gasteiger partial charge < -0.3 is 25.0 Å². The summed E-state index contributed by atoms with van der Waals surface area (Å²) >= 11 is 0. The molecule has 0 amide bonds. The highest BCUT2D eigenvalue weighted by atomic mass is 16.5. The molecule has 106 valence electrons. The highest BCUT2D eigenvalue weighted by Crippen LogP contribution is 2.29. The number of ether oxygens (including phenoxy) is 2. The second-order valence-corrected chi connectivity index (χ2v) is 3.89. The Morgan fingerprint density at radius 1 is 1.30 bits per heavy atom. The van der Waals surface area contributed by atoms with Gasteiger partial charge >= 0.3 is 0 Å². The van der Waals surface area contributed by atoms with Crippen LogP contribution in [0.15, 0.2) is 40.0 Å². The summed E-state index contributed by atoms with van der Waals surface area (Å²) in [6.45, 7) is 0.350. The third-order valence-electron chi connectivity index (χ3n) is 2.56. The van der Waals surface area contributed by atoms with Crippen LogP contribution in [0.1, 0.15) is 5.69 Å². The molecule has 0 aliphatic heterocycles. The predicted octanol–water partition coefficient (Wildman–Crippen LogP) is 1.62. The number of rotatable bonds is 5. The van der Waals surface area contributed by atoms with Gasteiger partial charge in [-0.3, -0.25) is 0 Å². The number of hydrogen-bond donors (Lipinski definition) is 2. The van der Waals surface area contributed by atoms with Crippen LogP contribution in [-0.2, 0) is 6.54 Å². The second kappa shape index (κ2) is 6.46. The minimum Gasteiger partial charge on any atom is -0.493 e. The molecule has 1 aromatic heterocycles. The van der Waals surface area contributed by atoms with Gasteiger partial charge in [-0.2, -0.15) is 0 Å². The SMILES string of the molecule is COc1ccc(NC(N)=NCc2ccon2)cc1OC. The molecule has 0 unspecified atom stereocenters. The fourth-order valence-corrected chi connectivity index (χ4v) is 1.59. The fraction of sp³-hybridized carbons (Fsp3) is 0.231. The molecular weight excluding hydrogens is 260 g/mol. The molecule has 1 aromatic carbocycles. The lowest BCUT2D eigenvalue weighted by atomic mass is 10.3. The van der Waals surface area contributed by atoms with Crippen LogP contribution in [-0.4, -0.2) is 25.3 Å². The number of hydrogen-bond acceptors (Lipinski definition) is 5. The largest absolute Gasteiger partial charge is 0.493 e.